The van der Waals surface area contributed by atoms with Crippen LogP contribution in [0.2, 0.25) is 0 Å². The number of hydrogen-bond acceptors (Lipinski definition) is 7. The number of thioether (sulfide) groups is 1. The van der Waals surface area contributed by atoms with Gasteiger partial charge in [0.05, 0.1) is 17.0 Å². The van der Waals surface area contributed by atoms with Gasteiger partial charge in [-0.25, -0.2) is 13.2 Å². The van der Waals surface area contributed by atoms with Crippen LogP contribution in [0.3, 0.4) is 0 Å². The van der Waals surface area contributed by atoms with Crippen molar-refractivity contribution in [3.05, 3.63) is 23.8 Å². The molecule has 0 atom stereocenters. The summed E-state index contributed by atoms with van der Waals surface area (Å²) in [6.45, 7) is 0.0307. The van der Waals surface area contributed by atoms with Gasteiger partial charge in [0, 0.05) is 17.5 Å². The highest BCUT2D eigenvalue weighted by molar-refractivity contribution is 8.15. The van der Waals surface area contributed by atoms with E-state index in [1.807, 2.05) is 4.90 Å². The summed E-state index contributed by atoms with van der Waals surface area (Å²) in [5, 5.41) is 3.14. The van der Waals surface area contributed by atoms with Gasteiger partial charge in [-0.3, -0.25) is 4.79 Å². The number of nitrogens with zero attached hydrogens (tertiary/aromatic N) is 2. The molecule has 132 valence electrons. The minimum absolute atomic E-state index is 0.0314. The molecule has 1 aromatic rings. The lowest BCUT2D eigenvalue weighted by molar-refractivity contribution is -0.124. The number of amides is 1. The predicted octanol–water partition coefficient (Wildman–Crippen LogP) is 0.733. The first-order valence-corrected chi connectivity index (χ1v) is 10.2. The summed E-state index contributed by atoms with van der Waals surface area (Å²) >= 11 is 1.20. The van der Waals surface area contributed by atoms with E-state index >= 15 is 0 Å². The molecule has 0 unspecified atom stereocenters. The lowest BCUT2D eigenvalue weighted by atomic mass is 10.2. The number of carbonyl (C=O) groups excluding carboxylic acids is 2. The Morgan fingerprint density at radius 2 is 2.16 bits per heavy atom. The van der Waals surface area contributed by atoms with Crippen molar-refractivity contribution in [2.75, 3.05) is 23.8 Å². The summed E-state index contributed by atoms with van der Waals surface area (Å²) in [4.78, 5) is 26.3. The van der Waals surface area contributed by atoms with Crippen LogP contribution < -0.4 is 10.2 Å². The smallest absolute Gasteiger partial charge is 0.338 e. The molecule has 1 aromatic carbocycles. The predicted molar refractivity (Wildman–Crippen MR) is 92.3 cm³/mol. The van der Waals surface area contributed by atoms with E-state index in [9.17, 15) is 18.0 Å². The molecule has 1 saturated carbocycles. The Morgan fingerprint density at radius 1 is 1.36 bits per heavy atom. The van der Waals surface area contributed by atoms with Gasteiger partial charge >= 0.3 is 5.97 Å². The number of carbonyl (C=O) groups is 2. The fraction of sp³-hybridized carbons (Fsp3) is 0.400. The van der Waals surface area contributed by atoms with Crippen molar-refractivity contribution >= 4 is 44.5 Å². The van der Waals surface area contributed by atoms with Crippen LogP contribution >= 0.6 is 11.8 Å². The van der Waals surface area contributed by atoms with Crippen molar-refractivity contribution in [2.24, 2.45) is 4.40 Å². The van der Waals surface area contributed by atoms with Crippen LogP contribution in [0.25, 0.3) is 0 Å². The average molecular weight is 381 g/mol. The number of ether oxygens (including phenoxy) is 1. The number of sulfonamides is 1. The zero-order valence-corrected chi connectivity index (χ0v) is 14.7. The van der Waals surface area contributed by atoms with E-state index < -0.39 is 16.0 Å². The summed E-state index contributed by atoms with van der Waals surface area (Å²) in [6.07, 6.45) is 1.94. The molecule has 0 aromatic heterocycles. The Hall–Kier alpha value is -2.07. The second-order valence-corrected chi connectivity index (χ2v) is 8.78. The van der Waals surface area contributed by atoms with Crippen LogP contribution in [-0.4, -0.2) is 50.4 Å². The highest BCUT2D eigenvalue weighted by Crippen LogP contribution is 2.42. The lowest BCUT2D eigenvalue weighted by Crippen LogP contribution is -2.35. The second kappa shape index (κ2) is 6.03. The third-order valence-electron chi connectivity index (χ3n) is 3.99. The van der Waals surface area contributed by atoms with Crippen molar-refractivity contribution in [2.45, 2.75) is 23.8 Å². The maximum atomic E-state index is 12.1. The van der Waals surface area contributed by atoms with Crippen LogP contribution in [0.1, 0.15) is 23.2 Å². The molecule has 4 rings (SSSR count). The normalized spacial score (nSPS) is 20.3. The van der Waals surface area contributed by atoms with E-state index in [1.54, 1.807) is 18.2 Å². The quantitative estimate of drug-likeness (QED) is 0.767. The van der Waals surface area contributed by atoms with Gasteiger partial charge in [0.1, 0.15) is 0 Å². The molecule has 1 N–H and O–H groups in total. The second-order valence-electron chi connectivity index (χ2n) is 6.01. The molecule has 10 heteroatoms. The van der Waals surface area contributed by atoms with Crippen molar-refractivity contribution < 1.29 is 22.7 Å². The Bertz CT molecular complexity index is 892. The number of anilines is 1. The zero-order valence-electron chi connectivity index (χ0n) is 13.1. The standard InChI is InChI=1S/C15H15N3O5S2/c19-13(16-10-2-3-10)8-23-14(20)9-1-4-11-12(7-9)24-15-17-25(21,22)6-5-18(11)15/h1,4,7,10H,2-3,5-6,8H2,(H,16,19). The van der Waals surface area contributed by atoms with Gasteiger partial charge in [-0.2, -0.15) is 0 Å². The topological polar surface area (TPSA) is 105 Å². The van der Waals surface area contributed by atoms with Gasteiger partial charge in [-0.1, -0.05) is 0 Å². The minimum atomic E-state index is -3.41. The number of fused-ring (bicyclic) bond motifs is 3. The number of esters is 1. The molecule has 0 spiro atoms. The van der Waals surface area contributed by atoms with Crippen molar-refractivity contribution in [1.29, 1.82) is 0 Å². The Kier molecular flexibility index (Phi) is 3.95. The number of benzene rings is 1. The molecule has 1 amide bonds. The maximum Gasteiger partial charge on any atom is 0.338 e. The molecule has 0 bridgehead atoms. The van der Waals surface area contributed by atoms with Crippen LogP contribution in [0.15, 0.2) is 27.5 Å². The fourth-order valence-electron chi connectivity index (χ4n) is 2.57. The monoisotopic (exact) mass is 381 g/mol. The van der Waals surface area contributed by atoms with Gasteiger partial charge in [0.2, 0.25) is 0 Å². The molecule has 2 heterocycles. The molecule has 8 nitrogen and oxygen atoms in total. The molecule has 2 aliphatic heterocycles. The molecular formula is C15H15N3O5S2. The number of hydrogen-bond donors (Lipinski definition) is 1. The third kappa shape index (κ3) is 3.49. The van der Waals surface area contributed by atoms with E-state index in [-0.39, 0.29) is 24.3 Å². The first-order chi connectivity index (χ1) is 11.9. The average Bonchev–Trinajstić information content (AvgIpc) is 3.29. The zero-order chi connectivity index (χ0) is 17.6. The van der Waals surface area contributed by atoms with Crippen LogP contribution in [0.5, 0.6) is 0 Å². The fourth-order valence-corrected chi connectivity index (χ4v) is 4.87. The summed E-state index contributed by atoms with van der Waals surface area (Å²) in [5.74, 6) is -0.923. The van der Waals surface area contributed by atoms with E-state index in [0.29, 0.717) is 17.3 Å². The van der Waals surface area contributed by atoms with Gasteiger partial charge in [0.25, 0.3) is 15.9 Å². The number of nitrogens with one attached hydrogen (secondary N) is 1. The van der Waals surface area contributed by atoms with Crippen LogP contribution in [-0.2, 0) is 19.6 Å². The third-order valence-corrected chi connectivity index (χ3v) is 6.29. The molecule has 1 aliphatic carbocycles. The van der Waals surface area contributed by atoms with Crippen molar-refractivity contribution in [1.82, 2.24) is 5.32 Å². The molecule has 1 fully saturated rings. The Balaban J connectivity index is 1.45. The molecule has 0 radical (unpaired) electrons. The molecular weight excluding hydrogens is 366 g/mol. The maximum absolute atomic E-state index is 12.1. The van der Waals surface area contributed by atoms with E-state index in [1.165, 1.54) is 11.8 Å². The van der Waals surface area contributed by atoms with E-state index in [2.05, 4.69) is 9.71 Å². The van der Waals surface area contributed by atoms with Gasteiger partial charge in [-0.15, -0.1) is 4.40 Å². The summed E-state index contributed by atoms with van der Waals surface area (Å²) in [6, 6.07) is 5.20. The SMILES string of the molecule is O=C(COC(=O)c1ccc2c(c1)SC1=NS(=O)(=O)CCN12)NC1CC1. The highest BCUT2D eigenvalue weighted by atomic mass is 32.2. The summed E-state index contributed by atoms with van der Waals surface area (Å²) in [7, 11) is -3.41. The van der Waals surface area contributed by atoms with E-state index in [4.69, 9.17) is 4.74 Å². The van der Waals surface area contributed by atoms with Crippen LogP contribution in [0.4, 0.5) is 5.69 Å². The van der Waals surface area contributed by atoms with Gasteiger partial charge in [0.15, 0.2) is 11.8 Å². The number of rotatable bonds is 4. The summed E-state index contributed by atoms with van der Waals surface area (Å²) in [5.41, 5.74) is 1.13. The van der Waals surface area contributed by atoms with Crippen molar-refractivity contribution in [3.8, 4) is 0 Å². The number of amidine groups is 1. The Morgan fingerprint density at radius 3 is 2.92 bits per heavy atom. The molecule has 25 heavy (non-hydrogen) atoms. The summed E-state index contributed by atoms with van der Waals surface area (Å²) < 4.78 is 32.0. The van der Waals surface area contributed by atoms with E-state index in [0.717, 1.165) is 23.4 Å². The molecule has 3 aliphatic rings. The van der Waals surface area contributed by atoms with Crippen molar-refractivity contribution in [3.63, 3.8) is 0 Å². The van der Waals surface area contributed by atoms with Gasteiger partial charge in [-0.05, 0) is 42.8 Å². The van der Waals surface area contributed by atoms with Crippen LogP contribution in [0, 0.1) is 0 Å². The Labute approximate surface area is 148 Å². The highest BCUT2D eigenvalue weighted by Gasteiger charge is 2.33. The largest absolute Gasteiger partial charge is 0.452 e. The first kappa shape index (κ1) is 16.4. The lowest BCUT2D eigenvalue weighted by Gasteiger charge is -2.22. The minimum Gasteiger partial charge on any atom is -0.452 e. The molecule has 0 saturated heterocycles. The first-order valence-electron chi connectivity index (χ1n) is 7.80. The van der Waals surface area contributed by atoms with Gasteiger partial charge < -0.3 is 15.0 Å².